The van der Waals surface area contributed by atoms with Crippen LogP contribution in [0, 0.1) is 0 Å². The largest absolute Gasteiger partial charge is 0.489 e. The Bertz CT molecular complexity index is 497. The van der Waals surface area contributed by atoms with Crippen LogP contribution < -0.4 is 4.74 Å². The minimum Gasteiger partial charge on any atom is -0.489 e. The number of hydrogen-bond acceptors (Lipinski definition) is 5. The van der Waals surface area contributed by atoms with Gasteiger partial charge in [-0.25, -0.2) is 18.4 Å². The van der Waals surface area contributed by atoms with Gasteiger partial charge < -0.3 is 4.74 Å². The Morgan fingerprint density at radius 2 is 2.00 bits per heavy atom. The van der Waals surface area contributed by atoms with Crippen molar-refractivity contribution >= 4 is 25.8 Å². The van der Waals surface area contributed by atoms with Crippen LogP contribution in [0.2, 0.25) is 0 Å². The molecular formula is C10H13BrN2O3S. The maximum Gasteiger partial charge on any atom is 0.160 e. The maximum absolute atomic E-state index is 11.7. The summed E-state index contributed by atoms with van der Waals surface area (Å²) >= 11 is 3.24. The van der Waals surface area contributed by atoms with E-state index in [1.165, 1.54) is 18.6 Å². The van der Waals surface area contributed by atoms with Gasteiger partial charge in [0.2, 0.25) is 0 Å². The van der Waals surface area contributed by atoms with E-state index in [1.54, 1.807) is 0 Å². The molecule has 2 rings (SSSR count). The van der Waals surface area contributed by atoms with Gasteiger partial charge >= 0.3 is 0 Å². The van der Waals surface area contributed by atoms with Crippen LogP contribution in [0.5, 0.6) is 5.75 Å². The van der Waals surface area contributed by atoms with Crippen LogP contribution in [-0.2, 0) is 14.6 Å². The predicted octanol–water partition coefficient (Wildman–Crippen LogP) is 1.28. The summed E-state index contributed by atoms with van der Waals surface area (Å²) in [5.41, 5.74) is 0. The summed E-state index contributed by atoms with van der Waals surface area (Å²) in [6.07, 6.45) is 5.49. The highest BCUT2D eigenvalue weighted by Crippen LogP contribution is 2.50. The molecule has 94 valence electrons. The van der Waals surface area contributed by atoms with Gasteiger partial charge in [0.1, 0.15) is 10.6 Å². The van der Waals surface area contributed by atoms with Crippen molar-refractivity contribution in [3.05, 3.63) is 18.2 Å². The van der Waals surface area contributed by atoms with Gasteiger partial charge in [0.25, 0.3) is 0 Å². The Kier molecular flexibility index (Phi) is 3.40. The SMILES string of the molecule is CS(=O)(=O)C1(c2ncc(OCCBr)cn2)CC1. The molecule has 0 aromatic carbocycles. The van der Waals surface area contributed by atoms with Crippen molar-refractivity contribution in [1.82, 2.24) is 9.97 Å². The number of halogens is 1. The molecule has 0 unspecified atom stereocenters. The normalized spacial score (nSPS) is 17.8. The van der Waals surface area contributed by atoms with E-state index in [-0.39, 0.29) is 0 Å². The lowest BCUT2D eigenvalue weighted by Gasteiger charge is -2.11. The van der Waals surface area contributed by atoms with Crippen molar-refractivity contribution in [2.75, 3.05) is 18.2 Å². The molecule has 0 saturated heterocycles. The van der Waals surface area contributed by atoms with E-state index in [0.29, 0.717) is 31.0 Å². The molecule has 1 aliphatic carbocycles. The van der Waals surface area contributed by atoms with Crippen molar-refractivity contribution in [3.63, 3.8) is 0 Å². The summed E-state index contributed by atoms with van der Waals surface area (Å²) in [6.45, 7) is 0.528. The number of rotatable bonds is 5. The van der Waals surface area contributed by atoms with Crippen molar-refractivity contribution < 1.29 is 13.2 Å². The van der Waals surface area contributed by atoms with Gasteiger partial charge in [0, 0.05) is 11.6 Å². The first kappa shape index (κ1) is 12.8. The molecule has 0 radical (unpaired) electrons. The Morgan fingerprint density at radius 1 is 1.41 bits per heavy atom. The number of nitrogens with zero attached hydrogens (tertiary/aromatic N) is 2. The zero-order valence-electron chi connectivity index (χ0n) is 9.39. The molecule has 1 saturated carbocycles. The highest BCUT2D eigenvalue weighted by molar-refractivity contribution is 9.09. The minimum absolute atomic E-state index is 0.381. The quantitative estimate of drug-likeness (QED) is 0.764. The molecule has 1 aliphatic rings. The van der Waals surface area contributed by atoms with Crippen LogP contribution in [0.1, 0.15) is 18.7 Å². The van der Waals surface area contributed by atoms with Crippen LogP contribution in [0.25, 0.3) is 0 Å². The van der Waals surface area contributed by atoms with Crippen LogP contribution in [0.4, 0.5) is 0 Å². The van der Waals surface area contributed by atoms with E-state index in [4.69, 9.17) is 4.74 Å². The van der Waals surface area contributed by atoms with Crippen LogP contribution in [0.15, 0.2) is 12.4 Å². The van der Waals surface area contributed by atoms with Crippen molar-refractivity contribution in [2.24, 2.45) is 0 Å². The summed E-state index contributed by atoms with van der Waals surface area (Å²) in [7, 11) is -3.15. The lowest BCUT2D eigenvalue weighted by Crippen LogP contribution is -2.22. The van der Waals surface area contributed by atoms with Gasteiger partial charge in [0.15, 0.2) is 15.6 Å². The summed E-state index contributed by atoms with van der Waals surface area (Å²) in [5, 5.41) is 0.724. The molecule has 0 N–H and O–H groups in total. The molecule has 1 heterocycles. The summed E-state index contributed by atoms with van der Waals surface area (Å²) in [6, 6.07) is 0. The molecule has 0 bridgehead atoms. The Morgan fingerprint density at radius 3 is 2.41 bits per heavy atom. The number of hydrogen-bond donors (Lipinski definition) is 0. The van der Waals surface area contributed by atoms with Crippen molar-refractivity contribution in [3.8, 4) is 5.75 Å². The summed E-state index contributed by atoms with van der Waals surface area (Å²) < 4.78 is 27.8. The molecule has 0 aliphatic heterocycles. The second-order valence-corrected chi connectivity index (χ2v) is 7.17. The van der Waals surface area contributed by atoms with Crippen LogP contribution >= 0.6 is 15.9 Å². The molecule has 17 heavy (non-hydrogen) atoms. The molecule has 1 aromatic heterocycles. The number of sulfone groups is 1. The maximum atomic E-state index is 11.7. The van der Waals surface area contributed by atoms with Crippen LogP contribution in [-0.4, -0.2) is 36.6 Å². The third kappa shape index (κ3) is 2.44. The Labute approximate surface area is 109 Å². The fraction of sp³-hybridized carbons (Fsp3) is 0.600. The lowest BCUT2D eigenvalue weighted by molar-refractivity contribution is 0.341. The minimum atomic E-state index is -3.15. The second-order valence-electron chi connectivity index (χ2n) is 4.05. The molecule has 0 amide bonds. The van der Waals surface area contributed by atoms with Gasteiger partial charge in [-0.05, 0) is 12.8 Å². The third-order valence-electron chi connectivity index (χ3n) is 2.80. The van der Waals surface area contributed by atoms with E-state index in [0.717, 1.165) is 5.33 Å². The number of alkyl halides is 1. The van der Waals surface area contributed by atoms with E-state index >= 15 is 0 Å². The fourth-order valence-electron chi connectivity index (χ4n) is 1.66. The molecule has 1 aromatic rings. The Balaban J connectivity index is 2.19. The molecule has 7 heteroatoms. The number of aromatic nitrogens is 2. The van der Waals surface area contributed by atoms with Crippen LogP contribution in [0.3, 0.4) is 0 Å². The Hall–Kier alpha value is -0.690. The highest BCUT2D eigenvalue weighted by Gasteiger charge is 2.56. The zero-order chi connectivity index (χ0) is 12.5. The number of ether oxygens (including phenoxy) is 1. The standard InChI is InChI=1S/C10H13BrN2O3S/c1-17(14,15)10(2-3-10)9-12-6-8(7-13-9)16-5-4-11/h6-7H,2-5H2,1H3. The molecule has 0 spiro atoms. The third-order valence-corrected chi connectivity index (χ3v) is 5.13. The molecule has 1 fully saturated rings. The first-order chi connectivity index (χ1) is 7.99. The monoisotopic (exact) mass is 320 g/mol. The van der Waals surface area contributed by atoms with Crippen molar-refractivity contribution in [1.29, 1.82) is 0 Å². The lowest BCUT2D eigenvalue weighted by atomic mass is 10.4. The van der Waals surface area contributed by atoms with E-state index in [2.05, 4.69) is 25.9 Å². The average Bonchev–Trinajstić information content (AvgIpc) is 3.07. The predicted molar refractivity (Wildman–Crippen MR) is 67.1 cm³/mol. The van der Waals surface area contributed by atoms with E-state index < -0.39 is 14.6 Å². The fourth-order valence-corrected chi connectivity index (χ4v) is 3.10. The van der Waals surface area contributed by atoms with Gasteiger partial charge in [-0.1, -0.05) is 15.9 Å². The first-order valence-corrected chi connectivity index (χ1v) is 8.22. The van der Waals surface area contributed by atoms with Gasteiger partial charge in [-0.2, -0.15) is 0 Å². The smallest absolute Gasteiger partial charge is 0.160 e. The summed E-state index contributed by atoms with van der Waals surface area (Å²) in [5.74, 6) is 0.934. The van der Waals surface area contributed by atoms with Gasteiger partial charge in [0.05, 0.1) is 19.0 Å². The molecule has 0 atom stereocenters. The van der Waals surface area contributed by atoms with E-state index in [1.807, 2.05) is 0 Å². The molecular weight excluding hydrogens is 308 g/mol. The van der Waals surface area contributed by atoms with E-state index in [9.17, 15) is 8.42 Å². The van der Waals surface area contributed by atoms with Crippen molar-refractivity contribution in [2.45, 2.75) is 17.6 Å². The average molecular weight is 321 g/mol. The highest BCUT2D eigenvalue weighted by atomic mass is 79.9. The van der Waals surface area contributed by atoms with Gasteiger partial charge in [-0.3, -0.25) is 0 Å². The topological polar surface area (TPSA) is 69.2 Å². The first-order valence-electron chi connectivity index (χ1n) is 5.20. The summed E-state index contributed by atoms with van der Waals surface area (Å²) in [4.78, 5) is 8.20. The zero-order valence-corrected chi connectivity index (χ0v) is 11.8. The van der Waals surface area contributed by atoms with Gasteiger partial charge in [-0.15, -0.1) is 0 Å². The second kappa shape index (κ2) is 4.53. The molecule has 5 nitrogen and oxygen atoms in total.